The Morgan fingerprint density at radius 1 is 1.00 bits per heavy atom. The summed E-state index contributed by atoms with van der Waals surface area (Å²) in [6.45, 7) is 18.4. The fourth-order valence-corrected chi connectivity index (χ4v) is 2.98. The van der Waals surface area contributed by atoms with Crippen LogP contribution in [0.3, 0.4) is 0 Å². The SMILES string of the molecule is CC.CC.COCN(C)CCN1CCN2CCN(C)CC2C1. The van der Waals surface area contributed by atoms with Gasteiger partial charge in [-0.2, -0.15) is 0 Å². The summed E-state index contributed by atoms with van der Waals surface area (Å²) in [6.07, 6.45) is 0. The van der Waals surface area contributed by atoms with E-state index in [4.69, 9.17) is 4.74 Å². The second kappa shape index (κ2) is 13.3. The van der Waals surface area contributed by atoms with E-state index >= 15 is 0 Å². The Morgan fingerprint density at radius 3 is 2.27 bits per heavy atom. The maximum atomic E-state index is 5.14. The van der Waals surface area contributed by atoms with Crippen LogP contribution in [0.1, 0.15) is 27.7 Å². The molecule has 0 bridgehead atoms. The van der Waals surface area contributed by atoms with Gasteiger partial charge < -0.3 is 9.64 Å². The molecule has 0 amide bonds. The lowest BCUT2D eigenvalue weighted by Crippen LogP contribution is -2.61. The van der Waals surface area contributed by atoms with Crippen molar-refractivity contribution in [3.63, 3.8) is 0 Å². The summed E-state index contributed by atoms with van der Waals surface area (Å²) in [7, 11) is 6.12. The Bertz CT molecular complexity index is 253. The van der Waals surface area contributed by atoms with Crippen molar-refractivity contribution in [3.8, 4) is 0 Å². The number of methoxy groups -OCH3 is 1. The van der Waals surface area contributed by atoms with Crippen LogP contribution in [0, 0.1) is 0 Å². The van der Waals surface area contributed by atoms with Gasteiger partial charge in [0.1, 0.15) is 0 Å². The van der Waals surface area contributed by atoms with E-state index in [0.29, 0.717) is 0 Å². The van der Waals surface area contributed by atoms with E-state index in [1.807, 2.05) is 27.7 Å². The van der Waals surface area contributed by atoms with Gasteiger partial charge in [-0.05, 0) is 14.1 Å². The molecular weight excluding hydrogens is 276 g/mol. The van der Waals surface area contributed by atoms with E-state index in [1.165, 1.54) is 39.3 Å². The van der Waals surface area contributed by atoms with Crippen molar-refractivity contribution in [1.29, 1.82) is 0 Å². The van der Waals surface area contributed by atoms with Crippen molar-refractivity contribution < 1.29 is 4.74 Å². The molecule has 0 aliphatic carbocycles. The number of hydrogen-bond donors (Lipinski definition) is 0. The Morgan fingerprint density at radius 2 is 1.64 bits per heavy atom. The summed E-state index contributed by atoms with van der Waals surface area (Å²) in [5, 5.41) is 0. The van der Waals surface area contributed by atoms with Gasteiger partial charge in [-0.3, -0.25) is 14.7 Å². The van der Waals surface area contributed by atoms with Crippen LogP contribution in [0.25, 0.3) is 0 Å². The van der Waals surface area contributed by atoms with Gasteiger partial charge in [-0.1, -0.05) is 27.7 Å². The van der Waals surface area contributed by atoms with Gasteiger partial charge in [0.15, 0.2) is 0 Å². The molecule has 134 valence electrons. The maximum absolute atomic E-state index is 5.14. The molecule has 0 aromatic rings. The Balaban J connectivity index is 0.00000102. The predicted octanol–water partition coefficient (Wildman–Crippen LogP) is 1.51. The largest absolute Gasteiger partial charge is 0.369 e. The third-order valence-corrected chi connectivity index (χ3v) is 4.13. The molecule has 0 aromatic heterocycles. The first-order valence-electron chi connectivity index (χ1n) is 9.01. The summed E-state index contributed by atoms with van der Waals surface area (Å²) < 4.78 is 5.14. The van der Waals surface area contributed by atoms with Crippen LogP contribution >= 0.6 is 0 Å². The quantitative estimate of drug-likeness (QED) is 0.715. The average molecular weight is 317 g/mol. The summed E-state index contributed by atoms with van der Waals surface area (Å²) in [6, 6.07) is 0.741. The summed E-state index contributed by atoms with van der Waals surface area (Å²) in [4.78, 5) is 9.96. The second-order valence-electron chi connectivity index (χ2n) is 5.75. The lowest BCUT2D eigenvalue weighted by molar-refractivity contribution is 0.0124. The van der Waals surface area contributed by atoms with Crippen LogP contribution in [-0.2, 0) is 4.74 Å². The van der Waals surface area contributed by atoms with Crippen LogP contribution in [0.15, 0.2) is 0 Å². The lowest BCUT2D eigenvalue weighted by Gasteiger charge is -2.46. The van der Waals surface area contributed by atoms with Gasteiger partial charge in [-0.15, -0.1) is 0 Å². The number of rotatable bonds is 5. The first-order chi connectivity index (χ1) is 10.7. The molecule has 5 heteroatoms. The molecule has 0 radical (unpaired) electrons. The first-order valence-corrected chi connectivity index (χ1v) is 9.01. The number of hydrogen-bond acceptors (Lipinski definition) is 5. The molecular formula is C17H40N4O. The van der Waals surface area contributed by atoms with E-state index in [2.05, 4.69) is 33.7 Å². The van der Waals surface area contributed by atoms with Crippen molar-refractivity contribution in [2.24, 2.45) is 0 Å². The van der Waals surface area contributed by atoms with E-state index in [1.54, 1.807) is 7.11 Å². The van der Waals surface area contributed by atoms with Crippen molar-refractivity contribution in [3.05, 3.63) is 0 Å². The van der Waals surface area contributed by atoms with Crippen LogP contribution in [0.2, 0.25) is 0 Å². The molecule has 2 fully saturated rings. The second-order valence-corrected chi connectivity index (χ2v) is 5.75. The van der Waals surface area contributed by atoms with Crippen LogP contribution in [-0.4, -0.2) is 106 Å². The minimum absolute atomic E-state index is 0.728. The molecule has 5 nitrogen and oxygen atoms in total. The van der Waals surface area contributed by atoms with Crippen molar-refractivity contribution in [2.45, 2.75) is 33.7 Å². The van der Waals surface area contributed by atoms with Gasteiger partial charge in [-0.25, -0.2) is 0 Å². The van der Waals surface area contributed by atoms with Crippen LogP contribution < -0.4 is 0 Å². The van der Waals surface area contributed by atoms with Gasteiger partial charge in [0.2, 0.25) is 0 Å². The van der Waals surface area contributed by atoms with Crippen molar-refractivity contribution in [1.82, 2.24) is 19.6 Å². The van der Waals surface area contributed by atoms with Crippen molar-refractivity contribution in [2.75, 3.05) is 80.3 Å². The molecule has 0 aromatic carbocycles. The zero-order chi connectivity index (χ0) is 17.0. The highest BCUT2D eigenvalue weighted by molar-refractivity contribution is 4.87. The summed E-state index contributed by atoms with van der Waals surface area (Å²) in [5.41, 5.74) is 0. The number of fused-ring (bicyclic) bond motifs is 1. The van der Waals surface area contributed by atoms with E-state index in [0.717, 1.165) is 25.9 Å². The predicted molar refractivity (Wildman–Crippen MR) is 96.5 cm³/mol. The van der Waals surface area contributed by atoms with Gasteiger partial charge >= 0.3 is 0 Å². The number of nitrogens with zero attached hydrogens (tertiary/aromatic N) is 4. The number of likely N-dealkylation sites (N-methyl/N-ethyl adjacent to an activating group) is 2. The third kappa shape index (κ3) is 7.88. The van der Waals surface area contributed by atoms with Gasteiger partial charge in [0.05, 0.1) is 6.73 Å². The molecule has 1 unspecified atom stereocenters. The van der Waals surface area contributed by atoms with Gasteiger partial charge in [0.25, 0.3) is 0 Å². The maximum Gasteiger partial charge on any atom is 0.0984 e. The number of piperazine rings is 2. The topological polar surface area (TPSA) is 22.2 Å². The summed E-state index contributed by atoms with van der Waals surface area (Å²) in [5.74, 6) is 0. The fraction of sp³-hybridized carbons (Fsp3) is 1.00. The van der Waals surface area contributed by atoms with E-state index in [-0.39, 0.29) is 0 Å². The fourth-order valence-electron chi connectivity index (χ4n) is 2.98. The molecule has 22 heavy (non-hydrogen) atoms. The minimum Gasteiger partial charge on any atom is -0.369 e. The first kappa shape index (κ1) is 21.8. The molecule has 2 aliphatic rings. The van der Waals surface area contributed by atoms with Crippen LogP contribution in [0.5, 0.6) is 0 Å². The smallest absolute Gasteiger partial charge is 0.0984 e. The number of ether oxygens (including phenoxy) is 1. The third-order valence-electron chi connectivity index (χ3n) is 4.13. The Hall–Kier alpha value is -0.200. The van der Waals surface area contributed by atoms with Crippen LogP contribution in [0.4, 0.5) is 0 Å². The zero-order valence-electron chi connectivity index (χ0n) is 16.1. The lowest BCUT2D eigenvalue weighted by atomic mass is 10.1. The van der Waals surface area contributed by atoms with E-state index in [9.17, 15) is 0 Å². The van der Waals surface area contributed by atoms with E-state index < -0.39 is 0 Å². The average Bonchev–Trinajstić information content (AvgIpc) is 2.56. The molecule has 1 atom stereocenters. The standard InChI is InChI=1S/C13H28N4O.2C2H6/c1-14-5-8-17-9-7-16(11-13(17)10-14)6-4-15(2)12-18-3;2*1-2/h13H,4-12H2,1-3H3;2*1-2H3. The Labute approximate surface area is 139 Å². The Kier molecular flexibility index (Phi) is 13.1. The van der Waals surface area contributed by atoms with Gasteiger partial charge in [0, 0.05) is 65.5 Å². The molecule has 0 spiro atoms. The minimum atomic E-state index is 0.728. The molecule has 0 saturated carbocycles. The highest BCUT2D eigenvalue weighted by Gasteiger charge is 2.30. The monoisotopic (exact) mass is 316 g/mol. The normalized spacial score (nSPS) is 23.2. The molecule has 2 heterocycles. The highest BCUT2D eigenvalue weighted by atomic mass is 16.5. The highest BCUT2D eigenvalue weighted by Crippen LogP contribution is 2.14. The molecule has 0 N–H and O–H groups in total. The molecule has 2 aliphatic heterocycles. The molecule has 2 rings (SSSR count). The summed E-state index contributed by atoms with van der Waals surface area (Å²) >= 11 is 0. The van der Waals surface area contributed by atoms with Crippen molar-refractivity contribution >= 4 is 0 Å². The zero-order valence-corrected chi connectivity index (χ0v) is 16.1. The molecule has 2 saturated heterocycles.